The first-order valence-corrected chi connectivity index (χ1v) is 7.63. The zero-order chi connectivity index (χ0) is 14.2. The number of aromatic nitrogens is 1. The van der Waals surface area contributed by atoms with Gasteiger partial charge in [0.2, 0.25) is 0 Å². The quantitative estimate of drug-likeness (QED) is 0.845. The Labute approximate surface area is 110 Å². The average Bonchev–Trinajstić information content (AvgIpc) is 2.62. The molecule has 7 heteroatoms. The first-order valence-electron chi connectivity index (χ1n) is 5.91. The van der Waals surface area contributed by atoms with E-state index in [0.717, 1.165) is 0 Å². The van der Waals surface area contributed by atoms with Gasteiger partial charge in [-0.3, -0.25) is 4.57 Å². The number of hydrogen-bond donors (Lipinski definition) is 1. The van der Waals surface area contributed by atoms with Crippen LogP contribution in [0.1, 0.15) is 13.8 Å². The van der Waals surface area contributed by atoms with Crippen LogP contribution in [0, 0.1) is 0 Å². The summed E-state index contributed by atoms with van der Waals surface area (Å²) in [6.45, 7) is 3.29. The van der Waals surface area contributed by atoms with Gasteiger partial charge in [-0.05, 0) is 32.0 Å². The second kappa shape index (κ2) is 4.73. The van der Waals surface area contributed by atoms with Crippen LogP contribution in [0.3, 0.4) is 0 Å². The summed E-state index contributed by atoms with van der Waals surface area (Å²) in [4.78, 5) is 11.7. The fourth-order valence-corrected chi connectivity index (χ4v) is 2.65. The number of anilines is 1. The standard InChI is InChI=1S/C12H16N2O4S/c1-8(2)19(16,17)6-5-14-10-7-9(13)3-4-11(10)18-12(14)15/h3-4,7-8H,5-6,13H2,1-2H3. The monoisotopic (exact) mass is 284 g/mol. The smallest absolute Gasteiger partial charge is 0.408 e. The molecule has 0 unspecified atom stereocenters. The lowest BCUT2D eigenvalue weighted by molar-refractivity contribution is 0.510. The highest BCUT2D eigenvalue weighted by Crippen LogP contribution is 2.16. The summed E-state index contributed by atoms with van der Waals surface area (Å²) < 4.78 is 29.9. The lowest BCUT2D eigenvalue weighted by Crippen LogP contribution is -2.24. The Bertz CT molecular complexity index is 756. The Morgan fingerprint density at radius 1 is 1.37 bits per heavy atom. The summed E-state index contributed by atoms with van der Waals surface area (Å²) in [6.07, 6.45) is 0. The van der Waals surface area contributed by atoms with Crippen LogP contribution in [0.25, 0.3) is 11.1 Å². The molecule has 0 saturated heterocycles. The third kappa shape index (κ3) is 2.65. The highest BCUT2D eigenvalue weighted by atomic mass is 32.2. The van der Waals surface area contributed by atoms with Gasteiger partial charge >= 0.3 is 5.76 Å². The highest BCUT2D eigenvalue weighted by molar-refractivity contribution is 7.91. The van der Waals surface area contributed by atoms with Crippen molar-refractivity contribution in [3.63, 3.8) is 0 Å². The predicted molar refractivity (Wildman–Crippen MR) is 73.8 cm³/mol. The molecule has 0 aliphatic rings. The maximum atomic E-state index is 11.8. The normalized spacial score (nSPS) is 12.4. The number of nitrogens with two attached hydrogens (primary N) is 1. The molecule has 2 aromatic rings. The molecule has 6 nitrogen and oxygen atoms in total. The number of hydrogen-bond acceptors (Lipinski definition) is 5. The number of sulfone groups is 1. The van der Waals surface area contributed by atoms with Crippen LogP contribution in [0.5, 0.6) is 0 Å². The minimum atomic E-state index is -3.20. The van der Waals surface area contributed by atoms with Crippen molar-refractivity contribution in [2.75, 3.05) is 11.5 Å². The molecule has 0 atom stereocenters. The van der Waals surface area contributed by atoms with Crippen LogP contribution in [0.2, 0.25) is 0 Å². The van der Waals surface area contributed by atoms with Gasteiger partial charge in [-0.15, -0.1) is 0 Å². The molecule has 0 bridgehead atoms. The van der Waals surface area contributed by atoms with Crippen molar-refractivity contribution in [2.45, 2.75) is 25.6 Å². The number of nitrogens with zero attached hydrogens (tertiary/aromatic N) is 1. The molecular formula is C12H16N2O4S. The lowest BCUT2D eigenvalue weighted by Gasteiger charge is -2.07. The zero-order valence-corrected chi connectivity index (χ0v) is 11.6. The van der Waals surface area contributed by atoms with Crippen molar-refractivity contribution in [3.05, 3.63) is 28.7 Å². The molecule has 0 aliphatic heterocycles. The van der Waals surface area contributed by atoms with E-state index in [-0.39, 0.29) is 12.3 Å². The highest BCUT2D eigenvalue weighted by Gasteiger charge is 2.18. The Morgan fingerprint density at radius 2 is 2.05 bits per heavy atom. The molecule has 0 fully saturated rings. The molecule has 0 saturated carbocycles. The van der Waals surface area contributed by atoms with Crippen molar-refractivity contribution in [1.82, 2.24) is 4.57 Å². The molecule has 104 valence electrons. The molecule has 0 spiro atoms. The van der Waals surface area contributed by atoms with Gasteiger partial charge in [-0.25, -0.2) is 13.2 Å². The van der Waals surface area contributed by atoms with E-state index < -0.39 is 20.8 Å². The molecule has 1 heterocycles. The first-order chi connectivity index (χ1) is 8.81. The molecule has 2 N–H and O–H groups in total. The Kier molecular flexibility index (Phi) is 3.40. The van der Waals surface area contributed by atoms with Crippen molar-refractivity contribution in [3.8, 4) is 0 Å². The van der Waals surface area contributed by atoms with Crippen molar-refractivity contribution in [1.29, 1.82) is 0 Å². The number of nitrogen functional groups attached to an aromatic ring is 1. The van der Waals surface area contributed by atoms with Crippen LogP contribution in [0.15, 0.2) is 27.4 Å². The molecule has 0 radical (unpaired) electrons. The van der Waals surface area contributed by atoms with E-state index in [1.165, 1.54) is 4.57 Å². The summed E-state index contributed by atoms with van der Waals surface area (Å²) in [5, 5.41) is -0.466. The topological polar surface area (TPSA) is 95.3 Å². The number of benzene rings is 1. The predicted octanol–water partition coefficient (Wildman–Crippen LogP) is 1.000. The van der Waals surface area contributed by atoms with Crippen LogP contribution in [-0.4, -0.2) is 24.0 Å². The van der Waals surface area contributed by atoms with Crippen LogP contribution >= 0.6 is 0 Å². The maximum absolute atomic E-state index is 11.8. The van der Waals surface area contributed by atoms with E-state index >= 15 is 0 Å². The second-order valence-electron chi connectivity index (χ2n) is 4.66. The maximum Gasteiger partial charge on any atom is 0.419 e. The van der Waals surface area contributed by atoms with Crippen LogP contribution in [0.4, 0.5) is 5.69 Å². The van der Waals surface area contributed by atoms with Crippen molar-refractivity contribution in [2.24, 2.45) is 0 Å². The fraction of sp³-hybridized carbons (Fsp3) is 0.417. The van der Waals surface area contributed by atoms with Gasteiger partial charge in [0.1, 0.15) is 0 Å². The van der Waals surface area contributed by atoms with E-state index in [4.69, 9.17) is 10.2 Å². The van der Waals surface area contributed by atoms with Gasteiger partial charge in [-0.2, -0.15) is 0 Å². The lowest BCUT2D eigenvalue weighted by atomic mass is 10.3. The van der Waals surface area contributed by atoms with E-state index in [2.05, 4.69) is 0 Å². The third-order valence-electron chi connectivity index (χ3n) is 3.01. The SMILES string of the molecule is CC(C)S(=O)(=O)CCn1c(=O)oc2ccc(N)cc21. The minimum absolute atomic E-state index is 0.0653. The Morgan fingerprint density at radius 3 is 2.68 bits per heavy atom. The van der Waals surface area contributed by atoms with Gasteiger partial charge in [0.05, 0.1) is 16.5 Å². The summed E-state index contributed by atoms with van der Waals surface area (Å²) in [5.41, 5.74) is 7.07. The third-order valence-corrected chi connectivity index (χ3v) is 5.20. The van der Waals surface area contributed by atoms with Crippen molar-refractivity contribution < 1.29 is 12.8 Å². The number of oxazole rings is 1. The second-order valence-corrected chi connectivity index (χ2v) is 7.34. The van der Waals surface area contributed by atoms with Gasteiger partial charge in [-0.1, -0.05) is 0 Å². The van der Waals surface area contributed by atoms with Crippen LogP contribution < -0.4 is 11.5 Å². The Balaban J connectivity index is 2.38. The number of rotatable bonds is 4. The molecule has 0 amide bonds. The summed E-state index contributed by atoms with van der Waals surface area (Å²) in [6, 6.07) is 4.82. The number of aryl methyl sites for hydroxylation is 1. The molecule has 1 aromatic carbocycles. The minimum Gasteiger partial charge on any atom is -0.408 e. The van der Waals surface area contributed by atoms with E-state index in [9.17, 15) is 13.2 Å². The van der Waals surface area contributed by atoms with E-state index in [0.29, 0.717) is 16.8 Å². The Hall–Kier alpha value is -1.76. The zero-order valence-electron chi connectivity index (χ0n) is 10.8. The summed E-state index contributed by atoms with van der Waals surface area (Å²) in [7, 11) is -3.20. The van der Waals surface area contributed by atoms with Gasteiger partial charge in [0.25, 0.3) is 0 Å². The molecule has 0 aliphatic carbocycles. The van der Waals surface area contributed by atoms with Crippen LogP contribution in [-0.2, 0) is 16.4 Å². The van der Waals surface area contributed by atoms with Gasteiger partial charge in [0.15, 0.2) is 15.4 Å². The van der Waals surface area contributed by atoms with Crippen molar-refractivity contribution >= 4 is 26.6 Å². The molecule has 1 aromatic heterocycles. The van der Waals surface area contributed by atoms with Gasteiger partial charge < -0.3 is 10.2 Å². The van der Waals surface area contributed by atoms with Gasteiger partial charge in [0, 0.05) is 12.2 Å². The van der Waals surface area contributed by atoms with E-state index in [1.54, 1.807) is 32.0 Å². The molecule has 2 rings (SSSR count). The summed E-state index contributed by atoms with van der Waals surface area (Å²) in [5.74, 6) is -0.673. The van der Waals surface area contributed by atoms with E-state index in [1.807, 2.05) is 0 Å². The fourth-order valence-electron chi connectivity index (χ4n) is 1.75. The average molecular weight is 284 g/mol. The number of fused-ring (bicyclic) bond motifs is 1. The molecule has 19 heavy (non-hydrogen) atoms. The first kappa shape index (κ1) is 13.7. The summed E-state index contributed by atoms with van der Waals surface area (Å²) >= 11 is 0. The largest absolute Gasteiger partial charge is 0.419 e. The molecular weight excluding hydrogens is 268 g/mol.